The number of hydrogen-bond donors (Lipinski definition) is 0. The molecule has 0 spiro atoms. The van der Waals surface area contributed by atoms with Gasteiger partial charge < -0.3 is 4.74 Å². The van der Waals surface area contributed by atoms with Crippen LogP contribution in [-0.2, 0) is 20.9 Å². The first-order chi connectivity index (χ1) is 9.00. The van der Waals surface area contributed by atoms with Gasteiger partial charge in [-0.1, -0.05) is 30.3 Å². The molecule has 0 aromatic heterocycles. The predicted molar refractivity (Wildman–Crippen MR) is 72.8 cm³/mol. The first-order valence-corrected chi connectivity index (χ1v) is 6.79. The number of benzene rings is 1. The molecule has 0 radical (unpaired) electrons. The maximum Gasteiger partial charge on any atom is 0.306 e. The van der Waals surface area contributed by atoms with Crippen LogP contribution in [-0.4, -0.2) is 16.6 Å². The number of hydrogen-bond acceptors (Lipinski definition) is 3. The molecule has 1 saturated carbocycles. The molecule has 0 aliphatic heterocycles. The molecule has 2 unspecified atom stereocenters. The maximum atomic E-state index is 11.6. The third-order valence-corrected chi connectivity index (χ3v) is 4.20. The van der Waals surface area contributed by atoms with Crippen LogP contribution in [0.15, 0.2) is 30.3 Å². The molecule has 0 bridgehead atoms. The molecule has 3 nitrogen and oxygen atoms in total. The summed E-state index contributed by atoms with van der Waals surface area (Å²) in [4.78, 5) is 22.1. The van der Waals surface area contributed by atoms with Crippen LogP contribution < -0.4 is 0 Å². The minimum absolute atomic E-state index is 0.0665. The average Bonchev–Trinajstić information content (AvgIpc) is 2.42. The van der Waals surface area contributed by atoms with Crippen LogP contribution in [0.1, 0.15) is 31.7 Å². The smallest absolute Gasteiger partial charge is 0.306 e. The van der Waals surface area contributed by atoms with E-state index in [1.54, 1.807) is 6.92 Å². The van der Waals surface area contributed by atoms with Gasteiger partial charge in [0.25, 0.3) is 0 Å². The highest BCUT2D eigenvalue weighted by atomic mass is 35.5. The molecule has 0 N–H and O–H groups in total. The van der Waals surface area contributed by atoms with E-state index in [0.717, 1.165) is 5.56 Å². The van der Waals surface area contributed by atoms with Crippen molar-refractivity contribution in [2.24, 2.45) is 5.92 Å². The van der Waals surface area contributed by atoms with E-state index in [0.29, 0.717) is 25.9 Å². The predicted octanol–water partition coefficient (Wildman–Crippen LogP) is 3.10. The van der Waals surface area contributed by atoms with Crippen molar-refractivity contribution in [3.8, 4) is 0 Å². The molecule has 2 rings (SSSR count). The largest absolute Gasteiger partial charge is 0.461 e. The Morgan fingerprint density at radius 1 is 1.42 bits per heavy atom. The molecular weight excluding hydrogens is 264 g/mol. The van der Waals surface area contributed by atoms with E-state index in [4.69, 9.17) is 16.3 Å². The fourth-order valence-electron chi connectivity index (χ4n) is 2.19. The Morgan fingerprint density at radius 2 is 2.11 bits per heavy atom. The van der Waals surface area contributed by atoms with E-state index < -0.39 is 4.87 Å². The minimum atomic E-state index is -0.778. The Morgan fingerprint density at radius 3 is 2.68 bits per heavy atom. The summed E-state index contributed by atoms with van der Waals surface area (Å²) in [6.45, 7) is 2.02. The van der Waals surface area contributed by atoms with E-state index in [9.17, 15) is 9.59 Å². The Kier molecular flexibility index (Phi) is 4.25. The summed E-state index contributed by atoms with van der Waals surface area (Å²) in [6, 6.07) is 9.55. The van der Waals surface area contributed by atoms with Gasteiger partial charge in [0.15, 0.2) is 5.78 Å². The van der Waals surface area contributed by atoms with Gasteiger partial charge in [0.1, 0.15) is 11.5 Å². The summed E-state index contributed by atoms with van der Waals surface area (Å²) in [5.41, 5.74) is 0.969. The first kappa shape index (κ1) is 14.1. The van der Waals surface area contributed by atoms with Crippen molar-refractivity contribution in [1.29, 1.82) is 0 Å². The second-order valence-corrected chi connectivity index (χ2v) is 5.87. The summed E-state index contributed by atoms with van der Waals surface area (Å²) >= 11 is 6.08. The van der Waals surface area contributed by atoms with E-state index in [-0.39, 0.29) is 17.7 Å². The van der Waals surface area contributed by atoms with Crippen LogP contribution >= 0.6 is 11.6 Å². The van der Waals surface area contributed by atoms with Crippen molar-refractivity contribution in [2.75, 3.05) is 0 Å². The topological polar surface area (TPSA) is 43.4 Å². The van der Waals surface area contributed by atoms with Gasteiger partial charge in [-0.3, -0.25) is 9.59 Å². The summed E-state index contributed by atoms with van der Waals surface area (Å²) in [7, 11) is 0. The van der Waals surface area contributed by atoms with Crippen molar-refractivity contribution in [3.63, 3.8) is 0 Å². The highest BCUT2D eigenvalue weighted by Gasteiger charge is 2.49. The number of ether oxygens (including phenoxy) is 1. The van der Waals surface area contributed by atoms with Crippen molar-refractivity contribution < 1.29 is 14.3 Å². The standard InChI is InChI=1S/C15H17ClO3/c1-15(16)12(9-13(15)17)7-8-14(18)19-10-11-5-3-2-4-6-11/h2-6,12H,7-10H2,1H3. The summed E-state index contributed by atoms with van der Waals surface area (Å²) in [5, 5.41) is 0. The van der Waals surface area contributed by atoms with Crippen LogP contribution in [0.4, 0.5) is 0 Å². The molecular formula is C15H17ClO3. The Labute approximate surface area is 117 Å². The molecule has 0 saturated heterocycles. The van der Waals surface area contributed by atoms with E-state index >= 15 is 0 Å². The molecule has 0 heterocycles. The Balaban J connectivity index is 1.70. The van der Waals surface area contributed by atoms with Gasteiger partial charge in [0, 0.05) is 12.8 Å². The van der Waals surface area contributed by atoms with Crippen molar-refractivity contribution in [2.45, 2.75) is 37.7 Å². The van der Waals surface area contributed by atoms with E-state index in [1.807, 2.05) is 30.3 Å². The third kappa shape index (κ3) is 3.35. The quantitative estimate of drug-likeness (QED) is 0.615. The average molecular weight is 281 g/mol. The van der Waals surface area contributed by atoms with Gasteiger partial charge in [0.2, 0.25) is 0 Å². The monoisotopic (exact) mass is 280 g/mol. The fraction of sp³-hybridized carbons (Fsp3) is 0.467. The summed E-state index contributed by atoms with van der Waals surface area (Å²) in [5.74, 6) is -0.0848. The zero-order valence-corrected chi connectivity index (χ0v) is 11.7. The lowest BCUT2D eigenvalue weighted by molar-refractivity contribution is -0.146. The lowest BCUT2D eigenvalue weighted by Gasteiger charge is -2.40. The van der Waals surface area contributed by atoms with Crippen LogP contribution in [0.2, 0.25) is 0 Å². The van der Waals surface area contributed by atoms with E-state index in [1.165, 1.54) is 0 Å². The van der Waals surface area contributed by atoms with Crippen LogP contribution in [0.5, 0.6) is 0 Å². The molecule has 1 aliphatic carbocycles. The molecule has 102 valence electrons. The van der Waals surface area contributed by atoms with Crippen LogP contribution in [0.25, 0.3) is 0 Å². The SMILES string of the molecule is CC1(Cl)C(=O)CC1CCC(=O)OCc1ccccc1. The number of carbonyl (C=O) groups excluding carboxylic acids is 2. The second kappa shape index (κ2) is 5.74. The van der Waals surface area contributed by atoms with Crippen LogP contribution in [0.3, 0.4) is 0 Å². The highest BCUT2D eigenvalue weighted by Crippen LogP contribution is 2.43. The zero-order chi connectivity index (χ0) is 13.9. The zero-order valence-electron chi connectivity index (χ0n) is 10.9. The number of ketones is 1. The van der Waals surface area contributed by atoms with Crippen molar-refractivity contribution >= 4 is 23.4 Å². The lowest BCUT2D eigenvalue weighted by Crippen LogP contribution is -2.49. The second-order valence-electron chi connectivity index (χ2n) is 5.08. The normalized spacial score (nSPS) is 25.8. The molecule has 4 heteroatoms. The molecule has 19 heavy (non-hydrogen) atoms. The molecule has 1 aromatic rings. The Bertz CT molecular complexity index is 468. The molecule has 0 amide bonds. The maximum absolute atomic E-state index is 11.6. The highest BCUT2D eigenvalue weighted by molar-refractivity contribution is 6.37. The lowest BCUT2D eigenvalue weighted by atomic mass is 9.70. The van der Waals surface area contributed by atoms with Crippen LogP contribution in [0, 0.1) is 5.92 Å². The molecule has 2 atom stereocenters. The van der Waals surface area contributed by atoms with Gasteiger partial charge in [-0.25, -0.2) is 0 Å². The minimum Gasteiger partial charge on any atom is -0.461 e. The molecule has 1 fully saturated rings. The molecule has 1 aliphatic rings. The Hall–Kier alpha value is -1.35. The van der Waals surface area contributed by atoms with Crippen molar-refractivity contribution in [1.82, 2.24) is 0 Å². The van der Waals surface area contributed by atoms with Gasteiger partial charge in [-0.15, -0.1) is 11.6 Å². The number of rotatable bonds is 5. The molecule has 1 aromatic carbocycles. The van der Waals surface area contributed by atoms with Crippen molar-refractivity contribution in [3.05, 3.63) is 35.9 Å². The number of halogens is 1. The van der Waals surface area contributed by atoms with Gasteiger partial charge in [-0.05, 0) is 24.8 Å². The first-order valence-electron chi connectivity index (χ1n) is 6.42. The number of Topliss-reactive ketones (excluding diaryl/α,β-unsaturated/α-hetero) is 1. The number of esters is 1. The van der Waals surface area contributed by atoms with E-state index in [2.05, 4.69) is 0 Å². The summed E-state index contributed by atoms with van der Waals surface area (Å²) in [6.07, 6.45) is 1.40. The number of carbonyl (C=O) groups is 2. The summed E-state index contributed by atoms with van der Waals surface area (Å²) < 4.78 is 5.18. The fourth-order valence-corrected chi connectivity index (χ4v) is 2.45. The number of alkyl halides is 1. The van der Waals surface area contributed by atoms with Gasteiger partial charge in [-0.2, -0.15) is 0 Å². The third-order valence-electron chi connectivity index (χ3n) is 3.68. The van der Waals surface area contributed by atoms with Gasteiger partial charge in [0.05, 0.1) is 0 Å². The van der Waals surface area contributed by atoms with Gasteiger partial charge >= 0.3 is 5.97 Å².